The number of halogens is 1. The second kappa shape index (κ2) is 4.20. The molecule has 0 fully saturated rings. The second-order valence-corrected chi connectivity index (χ2v) is 2.80. The van der Waals surface area contributed by atoms with E-state index in [-0.39, 0.29) is 12.4 Å². The third-order valence-electron chi connectivity index (χ3n) is 1.93. The summed E-state index contributed by atoms with van der Waals surface area (Å²) in [5, 5.41) is 11.7. The summed E-state index contributed by atoms with van der Waals surface area (Å²) in [5.41, 5.74) is 6.38. The van der Waals surface area contributed by atoms with Gasteiger partial charge in [-0.1, -0.05) is 0 Å². The number of rotatable bonds is 3. The van der Waals surface area contributed by atoms with E-state index in [1.807, 2.05) is 0 Å². The van der Waals surface area contributed by atoms with Gasteiger partial charge >= 0.3 is 0 Å². The Morgan fingerprint density at radius 2 is 2.31 bits per heavy atom. The smallest absolute Gasteiger partial charge is 0.128 e. The highest BCUT2D eigenvalue weighted by molar-refractivity contribution is 5.42. The molecule has 72 valence electrons. The van der Waals surface area contributed by atoms with Gasteiger partial charge in [0.05, 0.1) is 12.6 Å². The average molecular weight is 184 g/mol. The first-order chi connectivity index (χ1) is 6.19. The van der Waals surface area contributed by atoms with Crippen molar-refractivity contribution in [1.82, 2.24) is 5.32 Å². The first kappa shape index (κ1) is 9.95. The second-order valence-electron chi connectivity index (χ2n) is 2.80. The number of likely N-dealkylation sites (N-methyl/N-ethyl adjacent to an activating group) is 1. The lowest BCUT2D eigenvalue weighted by molar-refractivity contribution is 0.248. The molecule has 0 saturated heterocycles. The molecule has 1 rings (SSSR count). The number of nitrogen functional groups attached to an aromatic ring is 1. The van der Waals surface area contributed by atoms with Crippen LogP contribution in [0.1, 0.15) is 11.6 Å². The number of hydrogen-bond donors (Lipinski definition) is 3. The lowest BCUT2D eigenvalue weighted by Crippen LogP contribution is -2.21. The lowest BCUT2D eigenvalue weighted by Gasteiger charge is -2.14. The molecule has 0 aliphatic carbocycles. The summed E-state index contributed by atoms with van der Waals surface area (Å²) < 4.78 is 13.2. The summed E-state index contributed by atoms with van der Waals surface area (Å²) in [4.78, 5) is 0. The van der Waals surface area contributed by atoms with Crippen LogP contribution in [0.25, 0.3) is 0 Å². The Hall–Kier alpha value is -1.13. The Morgan fingerprint density at radius 3 is 2.85 bits per heavy atom. The van der Waals surface area contributed by atoms with Gasteiger partial charge in [0.1, 0.15) is 5.82 Å². The van der Waals surface area contributed by atoms with Crippen molar-refractivity contribution in [2.45, 2.75) is 6.04 Å². The molecule has 1 aromatic rings. The van der Waals surface area contributed by atoms with Gasteiger partial charge < -0.3 is 16.2 Å². The van der Waals surface area contributed by atoms with Crippen LogP contribution in [-0.2, 0) is 0 Å². The molecule has 0 aliphatic heterocycles. The Kier molecular flexibility index (Phi) is 3.22. The first-order valence-corrected chi connectivity index (χ1v) is 4.02. The Labute approximate surface area is 76.4 Å². The molecule has 0 bridgehead atoms. The molecule has 0 spiro atoms. The average Bonchev–Trinajstić information content (AvgIpc) is 2.13. The van der Waals surface area contributed by atoms with E-state index in [0.717, 1.165) is 0 Å². The maximum absolute atomic E-state index is 13.2. The number of nitrogens with one attached hydrogen (secondary N) is 1. The number of hydrogen-bond acceptors (Lipinski definition) is 3. The molecule has 3 nitrogen and oxygen atoms in total. The van der Waals surface area contributed by atoms with E-state index >= 15 is 0 Å². The standard InChI is InChI=1S/C9H13FN2O/c1-12-9(5-13)7-4-6(11)2-3-8(7)10/h2-4,9,12-13H,5,11H2,1H3/t9-/m0/s1. The Balaban J connectivity index is 3.03. The molecule has 4 N–H and O–H groups in total. The Morgan fingerprint density at radius 1 is 1.62 bits per heavy atom. The zero-order valence-corrected chi connectivity index (χ0v) is 7.42. The van der Waals surface area contributed by atoms with E-state index in [1.165, 1.54) is 18.2 Å². The van der Waals surface area contributed by atoms with Crippen molar-refractivity contribution in [3.05, 3.63) is 29.6 Å². The molecular formula is C9H13FN2O. The number of aliphatic hydroxyl groups excluding tert-OH is 1. The van der Waals surface area contributed by atoms with Crippen molar-refractivity contribution in [3.8, 4) is 0 Å². The topological polar surface area (TPSA) is 58.3 Å². The van der Waals surface area contributed by atoms with Gasteiger partial charge in [0, 0.05) is 11.3 Å². The highest BCUT2D eigenvalue weighted by Gasteiger charge is 2.12. The van der Waals surface area contributed by atoms with Gasteiger partial charge in [0.2, 0.25) is 0 Å². The predicted octanol–water partition coefficient (Wildman–Crippen LogP) is 0.661. The summed E-state index contributed by atoms with van der Waals surface area (Å²) in [6.07, 6.45) is 0. The SMILES string of the molecule is CN[C@@H](CO)c1cc(N)ccc1F. The monoisotopic (exact) mass is 184 g/mol. The zero-order valence-electron chi connectivity index (χ0n) is 7.42. The van der Waals surface area contributed by atoms with E-state index in [0.29, 0.717) is 11.3 Å². The van der Waals surface area contributed by atoms with Crippen LogP contribution in [0, 0.1) is 5.82 Å². The maximum Gasteiger partial charge on any atom is 0.128 e. The highest BCUT2D eigenvalue weighted by Crippen LogP contribution is 2.18. The van der Waals surface area contributed by atoms with Crippen LogP contribution in [-0.4, -0.2) is 18.8 Å². The molecule has 0 aliphatic rings. The molecule has 0 saturated carbocycles. The van der Waals surface area contributed by atoms with E-state index < -0.39 is 6.04 Å². The minimum atomic E-state index is -0.400. The van der Waals surface area contributed by atoms with Gasteiger partial charge in [-0.3, -0.25) is 0 Å². The van der Waals surface area contributed by atoms with Crippen LogP contribution in [0.2, 0.25) is 0 Å². The van der Waals surface area contributed by atoms with Crippen LogP contribution < -0.4 is 11.1 Å². The van der Waals surface area contributed by atoms with Crippen molar-refractivity contribution < 1.29 is 9.50 Å². The van der Waals surface area contributed by atoms with Crippen LogP contribution in [0.5, 0.6) is 0 Å². The largest absolute Gasteiger partial charge is 0.399 e. The molecular weight excluding hydrogens is 171 g/mol. The van der Waals surface area contributed by atoms with E-state index in [2.05, 4.69) is 5.32 Å². The van der Waals surface area contributed by atoms with Gasteiger partial charge in [-0.25, -0.2) is 4.39 Å². The predicted molar refractivity (Wildman–Crippen MR) is 49.7 cm³/mol. The Bertz CT molecular complexity index is 287. The molecule has 4 heteroatoms. The van der Waals surface area contributed by atoms with Crippen LogP contribution in [0.15, 0.2) is 18.2 Å². The summed E-state index contributed by atoms with van der Waals surface area (Å²) in [6.45, 7) is -0.156. The van der Waals surface area contributed by atoms with Gasteiger partial charge in [-0.05, 0) is 25.2 Å². The number of benzene rings is 1. The molecule has 0 unspecified atom stereocenters. The molecule has 0 amide bonds. The third kappa shape index (κ3) is 2.17. The van der Waals surface area contributed by atoms with Gasteiger partial charge in [0.15, 0.2) is 0 Å². The normalized spacial score (nSPS) is 12.8. The maximum atomic E-state index is 13.2. The number of anilines is 1. The molecule has 1 atom stereocenters. The van der Waals surface area contributed by atoms with Crippen molar-refractivity contribution in [2.75, 3.05) is 19.4 Å². The minimum Gasteiger partial charge on any atom is -0.399 e. The van der Waals surface area contributed by atoms with E-state index in [4.69, 9.17) is 10.8 Å². The van der Waals surface area contributed by atoms with Crippen molar-refractivity contribution in [3.63, 3.8) is 0 Å². The molecule has 0 radical (unpaired) electrons. The van der Waals surface area contributed by atoms with Crippen molar-refractivity contribution in [2.24, 2.45) is 0 Å². The highest BCUT2D eigenvalue weighted by atomic mass is 19.1. The third-order valence-corrected chi connectivity index (χ3v) is 1.93. The van der Waals surface area contributed by atoms with Crippen molar-refractivity contribution in [1.29, 1.82) is 0 Å². The van der Waals surface area contributed by atoms with Crippen LogP contribution >= 0.6 is 0 Å². The quantitative estimate of drug-likeness (QED) is 0.605. The summed E-state index contributed by atoms with van der Waals surface area (Å²) in [5.74, 6) is -0.359. The van der Waals surface area contributed by atoms with E-state index in [9.17, 15) is 4.39 Å². The summed E-state index contributed by atoms with van der Waals surface area (Å²) >= 11 is 0. The van der Waals surface area contributed by atoms with Gasteiger partial charge in [0.25, 0.3) is 0 Å². The fourth-order valence-corrected chi connectivity index (χ4v) is 1.17. The summed E-state index contributed by atoms with van der Waals surface area (Å²) in [6, 6.07) is 3.91. The van der Waals surface area contributed by atoms with Gasteiger partial charge in [-0.15, -0.1) is 0 Å². The molecule has 1 aromatic carbocycles. The minimum absolute atomic E-state index is 0.156. The lowest BCUT2D eigenvalue weighted by atomic mass is 10.1. The fraction of sp³-hybridized carbons (Fsp3) is 0.333. The molecule has 0 aromatic heterocycles. The van der Waals surface area contributed by atoms with Crippen LogP contribution in [0.4, 0.5) is 10.1 Å². The molecule has 13 heavy (non-hydrogen) atoms. The van der Waals surface area contributed by atoms with Gasteiger partial charge in [-0.2, -0.15) is 0 Å². The van der Waals surface area contributed by atoms with E-state index in [1.54, 1.807) is 7.05 Å². The fourth-order valence-electron chi connectivity index (χ4n) is 1.17. The van der Waals surface area contributed by atoms with Crippen LogP contribution in [0.3, 0.4) is 0 Å². The first-order valence-electron chi connectivity index (χ1n) is 4.02. The zero-order chi connectivity index (χ0) is 9.84. The summed E-state index contributed by atoms with van der Waals surface area (Å²) in [7, 11) is 1.66. The molecule has 0 heterocycles. The van der Waals surface area contributed by atoms with Crippen molar-refractivity contribution >= 4 is 5.69 Å². The number of nitrogens with two attached hydrogens (primary N) is 1. The number of aliphatic hydroxyl groups is 1.